The van der Waals surface area contributed by atoms with E-state index in [0.29, 0.717) is 18.6 Å². The van der Waals surface area contributed by atoms with Crippen LogP contribution < -0.4 is 26.6 Å². The van der Waals surface area contributed by atoms with Crippen LogP contribution in [0.15, 0.2) is 30.3 Å². The third kappa shape index (κ3) is 12.8. The van der Waals surface area contributed by atoms with Gasteiger partial charge in [0.05, 0.1) is 18.0 Å². The average molecular weight is 638 g/mol. The molecule has 4 atom stereocenters. The number of aldehydes is 1. The van der Waals surface area contributed by atoms with E-state index >= 15 is 0 Å². The highest BCUT2D eigenvalue weighted by Crippen LogP contribution is 2.33. The van der Waals surface area contributed by atoms with Gasteiger partial charge in [-0.15, -0.1) is 11.8 Å². The molecule has 12 heteroatoms. The molecule has 1 saturated carbocycles. The number of hydrogen-bond acceptors (Lipinski definition) is 9. The Balaban J connectivity index is 0.00000232. The van der Waals surface area contributed by atoms with Gasteiger partial charge in [0.1, 0.15) is 17.2 Å². The van der Waals surface area contributed by atoms with E-state index in [-0.39, 0.29) is 33.7 Å². The minimum atomic E-state index is -2.70. The zero-order chi connectivity index (χ0) is 33.1. The maximum absolute atomic E-state index is 13.6. The monoisotopic (exact) mass is 637 g/mol. The Labute approximate surface area is 265 Å². The van der Waals surface area contributed by atoms with Crippen LogP contribution in [0.4, 0.5) is 8.78 Å². The summed E-state index contributed by atoms with van der Waals surface area (Å²) < 4.78 is 38.5. The first-order chi connectivity index (χ1) is 21.3. The second kappa shape index (κ2) is 21.5. The van der Waals surface area contributed by atoms with Crippen molar-refractivity contribution in [2.75, 3.05) is 7.11 Å². The number of unbranched alkanes of at least 4 members (excludes halogenated alkanes) is 2. The van der Waals surface area contributed by atoms with Gasteiger partial charge in [0, 0.05) is 35.5 Å². The number of carbonyl (C=O) groups is 2. The molecule has 44 heavy (non-hydrogen) atoms. The van der Waals surface area contributed by atoms with Crippen LogP contribution in [-0.4, -0.2) is 53.6 Å². The number of methoxy groups -OCH3 is 1. The van der Waals surface area contributed by atoms with Gasteiger partial charge in [-0.2, -0.15) is 0 Å². The third-order valence-electron chi connectivity index (χ3n) is 6.26. The number of nitrogens with two attached hydrogens (primary N) is 1. The van der Waals surface area contributed by atoms with Gasteiger partial charge < -0.3 is 20.1 Å². The normalized spacial score (nSPS) is 17.3. The number of dihydropyridines is 1. The summed E-state index contributed by atoms with van der Waals surface area (Å²) in [6, 6.07) is 0.177. The maximum Gasteiger partial charge on any atom is 0.261 e. The van der Waals surface area contributed by atoms with Crippen molar-refractivity contribution in [2.45, 2.75) is 109 Å². The van der Waals surface area contributed by atoms with Crippen LogP contribution in [0.25, 0.3) is 5.57 Å². The number of halogens is 2. The van der Waals surface area contributed by atoms with E-state index < -0.39 is 29.9 Å². The van der Waals surface area contributed by atoms with Crippen molar-refractivity contribution < 1.29 is 27.8 Å². The lowest BCUT2D eigenvalue weighted by Gasteiger charge is -2.24. The van der Waals surface area contributed by atoms with Crippen molar-refractivity contribution in [2.24, 2.45) is 11.8 Å². The molecule has 0 saturated heterocycles. The molecular weight excluding hydrogens is 588 g/mol. The second-order valence-electron chi connectivity index (χ2n) is 9.54. The number of allylic oxidation sites excluding steroid dienone is 1. The number of pyridine rings is 1. The number of hydrazine groups is 1. The first-order valence-electron chi connectivity index (χ1n) is 15.4. The van der Waals surface area contributed by atoms with Gasteiger partial charge in [0.2, 0.25) is 5.88 Å². The summed E-state index contributed by atoms with van der Waals surface area (Å²) in [6.45, 7) is 11.8. The molecule has 0 bridgehead atoms. The van der Waals surface area contributed by atoms with E-state index in [1.165, 1.54) is 43.4 Å². The fourth-order valence-electron chi connectivity index (χ4n) is 3.94. The molecule has 246 valence electrons. The van der Waals surface area contributed by atoms with Crippen LogP contribution in [0, 0.1) is 17.8 Å². The van der Waals surface area contributed by atoms with Gasteiger partial charge in [0.15, 0.2) is 12.4 Å². The Morgan fingerprint density at radius 2 is 1.98 bits per heavy atom. The minimum Gasteiger partial charge on any atom is -0.495 e. The van der Waals surface area contributed by atoms with E-state index in [1.807, 2.05) is 27.7 Å². The third-order valence-corrected chi connectivity index (χ3v) is 7.31. The Kier molecular flexibility index (Phi) is 19.0. The molecule has 9 nitrogen and oxygen atoms in total. The molecule has 0 aromatic carbocycles. The number of aromatic nitrogens is 1. The predicted octanol–water partition coefficient (Wildman–Crippen LogP) is 5.78. The molecule has 1 aromatic heterocycles. The van der Waals surface area contributed by atoms with Gasteiger partial charge in [-0.05, 0) is 38.7 Å². The van der Waals surface area contributed by atoms with Gasteiger partial charge in [0.25, 0.3) is 12.3 Å². The topological polar surface area (TPSA) is 128 Å². The Bertz CT molecular complexity index is 1150. The average Bonchev–Trinajstić information content (AvgIpc) is 3.88. The van der Waals surface area contributed by atoms with Crippen molar-refractivity contribution in [3.63, 3.8) is 0 Å². The summed E-state index contributed by atoms with van der Waals surface area (Å²) in [5.74, 6) is 12.1. The smallest absolute Gasteiger partial charge is 0.261 e. The van der Waals surface area contributed by atoms with Crippen LogP contribution >= 0.6 is 11.8 Å². The van der Waals surface area contributed by atoms with Gasteiger partial charge in [-0.3, -0.25) is 15.4 Å². The van der Waals surface area contributed by atoms with E-state index in [4.69, 9.17) is 15.3 Å². The lowest BCUT2D eigenvalue weighted by atomic mass is 9.95. The standard InChI is InChI=1S/C28H37F2N5O4S.2C2H6/c1-4-5-6-7-19(16-36)39-25-13-20(21-12-23(27(29)30)32-15-24(21)38-3)22(14-33-25)28(37)34-17(2)40-26(35-31)11-10-18-8-9-18;2*1-2/h12-19,23,26-27,32,35H,4-9,31H2,1-3H3,(H,34,37);2*1-2H3. The lowest BCUT2D eigenvalue weighted by molar-refractivity contribution is -0.114. The molecule has 4 unspecified atom stereocenters. The molecule has 1 aromatic rings. The molecule has 0 spiro atoms. The number of alkyl halides is 2. The molecule has 2 heterocycles. The van der Waals surface area contributed by atoms with Gasteiger partial charge in [-0.1, -0.05) is 59.3 Å². The molecule has 5 N–H and O–H groups in total. The minimum absolute atomic E-state index is 0.0915. The number of rotatable bonds is 15. The molecule has 1 fully saturated rings. The number of nitrogens with zero attached hydrogens (tertiary/aromatic N) is 1. The number of hydrogen-bond donors (Lipinski definition) is 4. The van der Waals surface area contributed by atoms with Crippen LogP contribution in [0.3, 0.4) is 0 Å². The highest BCUT2D eigenvalue weighted by molar-refractivity contribution is 8.00. The Morgan fingerprint density at radius 1 is 1.27 bits per heavy atom. The fraction of sp³-hybridized carbons (Fsp3) is 0.594. The molecular formula is C32H49F2N5O4S. The Morgan fingerprint density at radius 3 is 2.55 bits per heavy atom. The zero-order valence-electron chi connectivity index (χ0n) is 26.9. The summed E-state index contributed by atoms with van der Waals surface area (Å²) >= 11 is 1.33. The van der Waals surface area contributed by atoms with Crippen molar-refractivity contribution in [3.8, 4) is 17.7 Å². The lowest BCUT2D eigenvalue weighted by Crippen LogP contribution is -2.38. The summed E-state index contributed by atoms with van der Waals surface area (Å²) in [4.78, 5) is 29.3. The van der Waals surface area contributed by atoms with E-state index in [0.717, 1.165) is 32.1 Å². The molecule has 3 rings (SSSR count). The summed E-state index contributed by atoms with van der Waals surface area (Å²) in [5, 5.41) is 4.69. The summed E-state index contributed by atoms with van der Waals surface area (Å²) in [7, 11) is 1.40. The molecule has 2 aliphatic rings. The molecule has 1 amide bonds. The first-order valence-corrected chi connectivity index (χ1v) is 16.3. The van der Waals surface area contributed by atoms with Crippen LogP contribution in [0.1, 0.15) is 96.0 Å². The number of ether oxygens (including phenoxy) is 2. The SMILES string of the molecule is CC.CC.CCCCCC(C=O)Oc1cc(C2=CC(C(F)F)NC=C2OC)c(C(=O)NC(C)SC(C#CC2CC2)NN)cn1. The molecule has 1 aliphatic heterocycles. The molecule has 0 radical (unpaired) electrons. The van der Waals surface area contributed by atoms with Crippen molar-refractivity contribution in [1.29, 1.82) is 0 Å². The van der Waals surface area contributed by atoms with E-state index in [1.54, 1.807) is 6.92 Å². The second-order valence-corrected chi connectivity index (χ2v) is 11.0. The van der Waals surface area contributed by atoms with Crippen molar-refractivity contribution in [3.05, 3.63) is 41.4 Å². The van der Waals surface area contributed by atoms with E-state index in [9.17, 15) is 18.4 Å². The Hall–Kier alpha value is -3.14. The highest BCUT2D eigenvalue weighted by atomic mass is 32.2. The van der Waals surface area contributed by atoms with E-state index in [2.05, 4.69) is 39.8 Å². The van der Waals surface area contributed by atoms with Crippen LogP contribution in [-0.2, 0) is 9.53 Å². The quantitative estimate of drug-likeness (QED) is 0.0473. The highest BCUT2D eigenvalue weighted by Gasteiger charge is 2.28. The van der Waals surface area contributed by atoms with Crippen LogP contribution in [0.2, 0.25) is 0 Å². The maximum atomic E-state index is 13.6. The first kappa shape index (κ1) is 38.9. The fourth-order valence-corrected chi connectivity index (χ4v) is 4.74. The number of carbonyl (C=O) groups excluding carboxylic acids is 2. The van der Waals surface area contributed by atoms with Crippen molar-refractivity contribution in [1.82, 2.24) is 21.0 Å². The zero-order valence-corrected chi connectivity index (χ0v) is 27.7. The number of thioether (sulfide) groups is 1. The van der Waals surface area contributed by atoms with Crippen LogP contribution in [0.5, 0.6) is 5.88 Å². The summed E-state index contributed by atoms with van der Waals surface area (Å²) in [6.07, 6.45) is 6.64. The number of nitrogens with one attached hydrogen (secondary N) is 3. The number of amides is 1. The van der Waals surface area contributed by atoms with Crippen molar-refractivity contribution >= 4 is 29.5 Å². The van der Waals surface area contributed by atoms with Gasteiger partial charge in [-0.25, -0.2) is 19.2 Å². The largest absolute Gasteiger partial charge is 0.495 e. The summed E-state index contributed by atoms with van der Waals surface area (Å²) in [5.41, 5.74) is 3.31. The predicted molar refractivity (Wildman–Crippen MR) is 174 cm³/mol. The molecule has 1 aliphatic carbocycles. The van der Waals surface area contributed by atoms with Gasteiger partial charge >= 0.3 is 0 Å².